The Labute approximate surface area is 260 Å². The highest BCUT2D eigenvalue weighted by Crippen LogP contribution is 2.61. The molecule has 2 aromatic carbocycles. The fourth-order valence-electron chi connectivity index (χ4n) is 5.43. The maximum absolute atomic E-state index is 14.0. The molecule has 2 unspecified atom stereocenters. The fraction of sp³-hybridized carbons (Fsp3) is 0.600. The second-order valence-corrected chi connectivity index (χ2v) is 14.5. The average molecular weight is 659 g/mol. The van der Waals surface area contributed by atoms with E-state index in [4.69, 9.17) is 27.6 Å². The van der Waals surface area contributed by atoms with Crippen molar-refractivity contribution in [1.29, 1.82) is 0 Å². The Morgan fingerprint density at radius 1 is 0.659 bits per heavy atom. The summed E-state index contributed by atoms with van der Waals surface area (Å²) >= 11 is 0. The third-order valence-electron chi connectivity index (χ3n) is 7.42. The zero-order valence-corrected chi connectivity index (χ0v) is 28.3. The van der Waals surface area contributed by atoms with Gasteiger partial charge in [0.1, 0.15) is 11.6 Å². The number of aromatic hydroxyl groups is 2. The molecular weight excluding hydrogens is 610 g/mol. The van der Waals surface area contributed by atoms with E-state index in [9.17, 15) is 19.3 Å². The van der Waals surface area contributed by atoms with E-state index in [1.165, 1.54) is 26.4 Å². The first kappa shape index (κ1) is 36.3. The lowest BCUT2D eigenvalue weighted by molar-refractivity contribution is 0.194. The topological polar surface area (TPSA) is 154 Å². The summed E-state index contributed by atoms with van der Waals surface area (Å²) in [7, 11) is -4.40. The number of nitrogens with one attached hydrogen (secondary N) is 2. The molecule has 2 atom stereocenters. The zero-order valence-electron chi connectivity index (χ0n) is 26.5. The molecule has 44 heavy (non-hydrogen) atoms. The van der Waals surface area contributed by atoms with Crippen LogP contribution in [0.4, 0.5) is 0 Å². The number of rotatable bonds is 18. The molecule has 0 spiro atoms. The molecule has 4 N–H and O–H groups in total. The van der Waals surface area contributed by atoms with Gasteiger partial charge in [0.05, 0.1) is 40.6 Å². The number of benzene rings is 2. The van der Waals surface area contributed by atoms with Gasteiger partial charge in [-0.15, -0.1) is 0 Å². The van der Waals surface area contributed by atoms with Crippen molar-refractivity contribution in [3.05, 3.63) is 47.5 Å². The van der Waals surface area contributed by atoms with Crippen LogP contribution in [-0.2, 0) is 27.2 Å². The minimum Gasteiger partial charge on any atom is -0.504 e. The molecule has 1 saturated carbocycles. The van der Waals surface area contributed by atoms with Gasteiger partial charge in [0, 0.05) is 12.1 Å². The Morgan fingerprint density at radius 2 is 0.977 bits per heavy atom. The number of ether oxygens (including phenoxy) is 2. The first-order valence-corrected chi connectivity index (χ1v) is 18.3. The van der Waals surface area contributed by atoms with Crippen LogP contribution in [0.5, 0.6) is 23.0 Å². The molecule has 0 amide bonds. The molecule has 1 fully saturated rings. The van der Waals surface area contributed by atoms with Gasteiger partial charge in [0.2, 0.25) is 0 Å². The number of phenolic OH excluding ortho intramolecular Hbond substituents is 2. The molecule has 2 aromatic rings. The average Bonchev–Trinajstić information content (AvgIpc) is 3.00. The SMILES string of the molecule is CCOP(=O)(OCC)C(NC1CCC(NC(c2ccc(O)c(OC)c2)P(=O)(OCC)OCC)CC1)c1ccc(O)c(OC)c1. The van der Waals surface area contributed by atoms with Crippen molar-refractivity contribution >= 4 is 15.2 Å². The predicted molar refractivity (Wildman–Crippen MR) is 169 cm³/mol. The summed E-state index contributed by atoms with van der Waals surface area (Å²) in [5, 5.41) is 27.4. The summed E-state index contributed by atoms with van der Waals surface area (Å²) in [5.74, 6) is -1.12. The smallest absolute Gasteiger partial charge is 0.351 e. The second kappa shape index (κ2) is 17.0. The molecule has 12 nitrogen and oxygen atoms in total. The van der Waals surface area contributed by atoms with Gasteiger partial charge in [0.25, 0.3) is 0 Å². The Bertz CT molecular complexity index is 1170. The number of hydrogen-bond donors (Lipinski definition) is 4. The number of phenols is 2. The molecule has 0 heterocycles. The third-order valence-corrected chi connectivity index (χ3v) is 12.1. The van der Waals surface area contributed by atoms with Gasteiger partial charge in [-0.25, -0.2) is 0 Å². The van der Waals surface area contributed by atoms with E-state index in [2.05, 4.69) is 10.6 Å². The Morgan fingerprint density at radius 3 is 1.25 bits per heavy atom. The summed E-state index contributed by atoms with van der Waals surface area (Å²) in [4.78, 5) is 0. The van der Waals surface area contributed by atoms with E-state index in [-0.39, 0.29) is 61.5 Å². The lowest BCUT2D eigenvalue weighted by Gasteiger charge is -2.37. The van der Waals surface area contributed by atoms with E-state index < -0.39 is 26.8 Å². The molecule has 0 bridgehead atoms. The van der Waals surface area contributed by atoms with Crippen molar-refractivity contribution in [1.82, 2.24) is 10.6 Å². The maximum Gasteiger partial charge on any atom is 0.351 e. The molecule has 0 radical (unpaired) electrons. The highest BCUT2D eigenvalue weighted by atomic mass is 31.2. The molecular formula is C30H48N2O10P2. The van der Waals surface area contributed by atoms with Crippen molar-refractivity contribution in [3.63, 3.8) is 0 Å². The van der Waals surface area contributed by atoms with Crippen molar-refractivity contribution in [2.75, 3.05) is 40.6 Å². The van der Waals surface area contributed by atoms with E-state index in [0.29, 0.717) is 36.8 Å². The molecule has 3 rings (SSSR count). The van der Waals surface area contributed by atoms with Gasteiger partial charge in [-0.1, -0.05) is 12.1 Å². The molecule has 0 saturated heterocycles. The van der Waals surface area contributed by atoms with E-state index in [0.717, 1.165) is 0 Å². The van der Waals surface area contributed by atoms with Crippen LogP contribution in [0.25, 0.3) is 0 Å². The Kier molecular flexibility index (Phi) is 14.0. The minimum absolute atomic E-state index is 0.0265. The molecule has 1 aliphatic carbocycles. The normalized spacial score (nSPS) is 19.0. The lowest BCUT2D eigenvalue weighted by atomic mass is 9.90. The molecule has 248 valence electrons. The maximum atomic E-state index is 14.0. The largest absolute Gasteiger partial charge is 0.504 e. The quantitative estimate of drug-likeness (QED) is 0.124. The van der Waals surface area contributed by atoms with Gasteiger partial charge in [-0.3, -0.25) is 19.8 Å². The van der Waals surface area contributed by atoms with Gasteiger partial charge in [-0.2, -0.15) is 0 Å². The summed E-state index contributed by atoms with van der Waals surface area (Å²) in [5.41, 5.74) is 1.22. The van der Waals surface area contributed by atoms with Gasteiger partial charge < -0.3 is 37.8 Å². The fourth-order valence-corrected chi connectivity index (χ4v) is 9.46. The number of methoxy groups -OCH3 is 2. The first-order valence-electron chi connectivity index (χ1n) is 15.1. The van der Waals surface area contributed by atoms with Crippen LogP contribution in [-0.4, -0.2) is 62.9 Å². The van der Waals surface area contributed by atoms with Crippen LogP contribution < -0.4 is 20.1 Å². The van der Waals surface area contributed by atoms with Crippen molar-refractivity contribution in [3.8, 4) is 23.0 Å². The molecule has 0 aliphatic heterocycles. The summed E-state index contributed by atoms with van der Waals surface area (Å²) in [6.07, 6.45) is 2.84. The van der Waals surface area contributed by atoms with Gasteiger partial charge in [-0.05, 0) is 88.8 Å². The third kappa shape index (κ3) is 8.98. The van der Waals surface area contributed by atoms with Gasteiger partial charge >= 0.3 is 15.2 Å². The van der Waals surface area contributed by atoms with Crippen LogP contribution in [0.1, 0.15) is 76.1 Å². The Hall–Kier alpha value is -2.14. The minimum atomic E-state index is -3.66. The van der Waals surface area contributed by atoms with Crippen molar-refractivity contribution < 1.29 is 46.9 Å². The van der Waals surface area contributed by atoms with Crippen molar-refractivity contribution in [2.45, 2.75) is 77.0 Å². The van der Waals surface area contributed by atoms with Crippen LogP contribution in [0, 0.1) is 0 Å². The second-order valence-electron chi connectivity index (χ2n) is 10.3. The summed E-state index contributed by atoms with van der Waals surface area (Å²) in [6.45, 7) is 7.85. The van der Waals surface area contributed by atoms with Crippen LogP contribution >= 0.6 is 15.2 Å². The standard InChI is InChI=1S/C30H48N2O10P2/c1-7-39-43(35,40-8-2)29(21-11-17-25(33)27(19-21)37-5)31-23-13-15-24(16-14-23)32-30(44(36,41-9-3)42-10-4)22-12-18-26(34)28(20-22)38-6/h11-12,17-20,23-24,29-34H,7-10,13-16H2,1-6H3. The Balaban J connectivity index is 1.84. The van der Waals surface area contributed by atoms with E-state index in [1.807, 2.05) is 0 Å². The zero-order chi connectivity index (χ0) is 32.3. The molecule has 14 heteroatoms. The monoisotopic (exact) mass is 658 g/mol. The predicted octanol–water partition coefficient (Wildman–Crippen LogP) is 6.84. The van der Waals surface area contributed by atoms with Crippen LogP contribution in [0.15, 0.2) is 36.4 Å². The van der Waals surface area contributed by atoms with Crippen LogP contribution in [0.2, 0.25) is 0 Å². The highest BCUT2D eigenvalue weighted by Gasteiger charge is 2.41. The van der Waals surface area contributed by atoms with Crippen LogP contribution in [0.3, 0.4) is 0 Å². The molecule has 1 aliphatic rings. The van der Waals surface area contributed by atoms with E-state index in [1.54, 1.807) is 52.0 Å². The van der Waals surface area contributed by atoms with Crippen molar-refractivity contribution in [2.24, 2.45) is 0 Å². The first-order chi connectivity index (χ1) is 21.1. The summed E-state index contributed by atoms with van der Waals surface area (Å²) < 4.78 is 61.6. The lowest BCUT2D eigenvalue weighted by Crippen LogP contribution is -2.42. The number of hydrogen-bond acceptors (Lipinski definition) is 12. The van der Waals surface area contributed by atoms with Gasteiger partial charge in [0.15, 0.2) is 23.0 Å². The highest BCUT2D eigenvalue weighted by molar-refractivity contribution is 7.54. The summed E-state index contributed by atoms with van der Waals surface area (Å²) in [6, 6.07) is 9.57. The molecule has 0 aromatic heterocycles. The van der Waals surface area contributed by atoms with E-state index >= 15 is 0 Å².